The van der Waals surface area contributed by atoms with E-state index in [1.165, 1.54) is 11.8 Å². The second-order valence-electron chi connectivity index (χ2n) is 10.4. The third-order valence-electron chi connectivity index (χ3n) is 7.19. The van der Waals surface area contributed by atoms with Crippen LogP contribution in [0.2, 0.25) is 0 Å². The number of nitrogens with one attached hydrogen (secondary N) is 1. The van der Waals surface area contributed by atoms with Gasteiger partial charge in [0, 0.05) is 42.0 Å². The molecule has 9 nitrogen and oxygen atoms in total. The van der Waals surface area contributed by atoms with Crippen LogP contribution < -0.4 is 5.32 Å². The molecule has 0 unspecified atom stereocenters. The van der Waals surface area contributed by atoms with Crippen LogP contribution in [0.15, 0.2) is 77.7 Å². The fourth-order valence-corrected chi connectivity index (χ4v) is 5.86. The van der Waals surface area contributed by atoms with E-state index in [1.807, 2.05) is 54.6 Å². The second-order valence-corrected chi connectivity index (χ2v) is 11.5. The first-order valence-electron chi connectivity index (χ1n) is 14.4. The number of aliphatic carboxylic acids is 1. The number of aliphatic hydroxyl groups excluding tert-OH is 1. The summed E-state index contributed by atoms with van der Waals surface area (Å²) in [5.41, 5.74) is 3.78. The molecule has 1 aliphatic rings. The molecule has 0 radical (unpaired) electrons. The Morgan fingerprint density at radius 3 is 2.19 bits per heavy atom. The maximum absolute atomic E-state index is 12.2. The zero-order chi connectivity index (χ0) is 30.6. The Balaban J connectivity index is 1.39. The summed E-state index contributed by atoms with van der Waals surface area (Å²) in [5, 5.41) is 30.6. The minimum Gasteiger partial charge on any atom is -0.481 e. The number of hydrogen-bond donors (Lipinski definition) is 4. The molecule has 0 bridgehead atoms. The number of aromatic carboxylic acids is 1. The molecule has 43 heavy (non-hydrogen) atoms. The highest BCUT2D eigenvalue weighted by atomic mass is 32.2. The lowest BCUT2D eigenvalue weighted by Crippen LogP contribution is -2.31. The van der Waals surface area contributed by atoms with Gasteiger partial charge in [0.15, 0.2) is 6.29 Å². The normalized spacial score (nSPS) is 18.2. The van der Waals surface area contributed by atoms with Crippen LogP contribution in [-0.4, -0.2) is 45.0 Å². The number of rotatable bonds is 15. The van der Waals surface area contributed by atoms with Gasteiger partial charge in [-0.2, -0.15) is 0 Å². The lowest BCUT2D eigenvalue weighted by atomic mass is 10.0. The summed E-state index contributed by atoms with van der Waals surface area (Å²) >= 11 is 1.44. The van der Waals surface area contributed by atoms with Gasteiger partial charge in [-0.05, 0) is 41.7 Å². The molecule has 3 aromatic carbocycles. The van der Waals surface area contributed by atoms with Gasteiger partial charge < -0.3 is 30.1 Å². The summed E-state index contributed by atoms with van der Waals surface area (Å²) < 4.78 is 12.8. The number of amides is 1. The van der Waals surface area contributed by atoms with Crippen molar-refractivity contribution in [2.75, 3.05) is 5.75 Å². The predicted molar refractivity (Wildman–Crippen MR) is 162 cm³/mol. The van der Waals surface area contributed by atoms with Gasteiger partial charge in [-0.3, -0.25) is 9.59 Å². The molecule has 0 spiro atoms. The monoisotopic (exact) mass is 607 g/mol. The molecule has 10 heteroatoms. The topological polar surface area (TPSA) is 142 Å². The van der Waals surface area contributed by atoms with Gasteiger partial charge in [-0.1, -0.05) is 67.1 Å². The summed E-state index contributed by atoms with van der Waals surface area (Å²) in [4.78, 5) is 35.1. The van der Waals surface area contributed by atoms with E-state index in [0.717, 1.165) is 22.3 Å². The zero-order valence-electron chi connectivity index (χ0n) is 23.8. The standard InChI is InChI=1S/C33H37NO8S/c35-20-23-12-14-24(15-13-23)28-18-26(21-43-29-7-5-4-6-27(29)32(39)40)41-33(42-28)25-16-10-22(11-17-25)19-34-30(36)8-2-1-3-9-31(37)38/h4-7,10-17,26,28,33,35H,1-3,8-9,18-21H2,(H,34,36)(H,37,38)(H,39,40)/t26-,28+,33+/m1/s1. The Labute approximate surface area is 255 Å². The maximum atomic E-state index is 12.2. The van der Waals surface area contributed by atoms with Crippen molar-refractivity contribution in [3.63, 3.8) is 0 Å². The third kappa shape index (κ3) is 9.93. The average molecular weight is 608 g/mol. The van der Waals surface area contributed by atoms with E-state index in [2.05, 4.69) is 5.32 Å². The van der Waals surface area contributed by atoms with Crippen LogP contribution in [0, 0.1) is 0 Å². The van der Waals surface area contributed by atoms with E-state index in [-0.39, 0.29) is 36.7 Å². The first kappa shape index (κ1) is 32.2. The summed E-state index contributed by atoms with van der Waals surface area (Å²) in [6.45, 7) is 0.335. The van der Waals surface area contributed by atoms with Gasteiger partial charge in [0.1, 0.15) is 0 Å². The van der Waals surface area contributed by atoms with Gasteiger partial charge >= 0.3 is 11.9 Å². The van der Waals surface area contributed by atoms with Gasteiger partial charge in [0.25, 0.3) is 0 Å². The maximum Gasteiger partial charge on any atom is 0.336 e. The third-order valence-corrected chi connectivity index (χ3v) is 8.40. The minimum atomic E-state index is -0.970. The average Bonchev–Trinajstić information content (AvgIpc) is 3.02. The molecule has 1 fully saturated rings. The van der Waals surface area contributed by atoms with Crippen LogP contribution in [0.25, 0.3) is 0 Å². The Kier molecular flexibility index (Phi) is 12.2. The number of carbonyl (C=O) groups excluding carboxylic acids is 1. The quantitative estimate of drug-likeness (QED) is 0.123. The molecule has 4 N–H and O–H groups in total. The van der Waals surface area contributed by atoms with E-state index < -0.39 is 18.2 Å². The number of unbranched alkanes of at least 4 members (excludes halogenated alkanes) is 2. The summed E-state index contributed by atoms with van der Waals surface area (Å²) in [6.07, 6.45) is 1.86. The SMILES string of the molecule is O=C(O)CCCCCC(=O)NCc1ccc([C@H]2O[C@@H](CSc3ccccc3C(=O)O)C[C@@H](c3ccc(CO)cc3)O2)cc1. The first-order chi connectivity index (χ1) is 20.8. The highest BCUT2D eigenvalue weighted by Gasteiger charge is 2.32. The molecular formula is C33H37NO8S. The summed E-state index contributed by atoms with van der Waals surface area (Å²) in [5.74, 6) is -1.32. The van der Waals surface area contributed by atoms with E-state index in [9.17, 15) is 24.6 Å². The van der Waals surface area contributed by atoms with Crippen molar-refractivity contribution >= 4 is 29.6 Å². The zero-order valence-corrected chi connectivity index (χ0v) is 24.6. The molecule has 3 aromatic rings. The molecule has 1 saturated heterocycles. The largest absolute Gasteiger partial charge is 0.481 e. The van der Waals surface area contributed by atoms with Crippen molar-refractivity contribution in [1.82, 2.24) is 5.32 Å². The fourth-order valence-electron chi connectivity index (χ4n) is 4.79. The molecule has 1 heterocycles. The van der Waals surface area contributed by atoms with E-state index in [0.29, 0.717) is 49.3 Å². The Morgan fingerprint density at radius 2 is 1.49 bits per heavy atom. The number of ether oxygens (including phenoxy) is 2. The van der Waals surface area contributed by atoms with Crippen LogP contribution >= 0.6 is 11.8 Å². The highest BCUT2D eigenvalue weighted by molar-refractivity contribution is 7.99. The van der Waals surface area contributed by atoms with Crippen molar-refractivity contribution < 1.29 is 39.2 Å². The van der Waals surface area contributed by atoms with Crippen molar-refractivity contribution in [2.24, 2.45) is 0 Å². The Bertz CT molecular complexity index is 1360. The molecule has 4 rings (SSSR count). The Hall–Kier alpha value is -3.70. The van der Waals surface area contributed by atoms with Crippen molar-refractivity contribution in [1.29, 1.82) is 0 Å². The molecule has 228 valence electrons. The lowest BCUT2D eigenvalue weighted by Gasteiger charge is -2.36. The molecule has 1 aliphatic heterocycles. The van der Waals surface area contributed by atoms with E-state index >= 15 is 0 Å². The number of aliphatic hydroxyl groups is 1. The van der Waals surface area contributed by atoms with Crippen LogP contribution in [0.4, 0.5) is 0 Å². The fraction of sp³-hybridized carbons (Fsp3) is 0.364. The smallest absolute Gasteiger partial charge is 0.336 e. The van der Waals surface area contributed by atoms with Crippen LogP contribution in [0.1, 0.15) is 83.5 Å². The molecule has 0 aliphatic carbocycles. The molecule has 0 saturated carbocycles. The molecule has 1 amide bonds. The number of hydrogen-bond acceptors (Lipinski definition) is 7. The summed E-state index contributed by atoms with van der Waals surface area (Å²) in [7, 11) is 0. The summed E-state index contributed by atoms with van der Waals surface area (Å²) in [6, 6.07) is 22.2. The number of thioether (sulfide) groups is 1. The molecular weight excluding hydrogens is 570 g/mol. The lowest BCUT2D eigenvalue weighted by molar-refractivity contribution is -0.245. The van der Waals surface area contributed by atoms with Crippen LogP contribution in [-0.2, 0) is 32.2 Å². The highest BCUT2D eigenvalue weighted by Crippen LogP contribution is 2.39. The number of carboxylic acids is 2. The second kappa shape index (κ2) is 16.2. The number of carboxylic acid groups (broad SMARTS) is 2. The van der Waals surface area contributed by atoms with Crippen molar-refractivity contribution in [3.05, 3.63) is 101 Å². The minimum absolute atomic E-state index is 0.0423. The molecule has 3 atom stereocenters. The van der Waals surface area contributed by atoms with Crippen LogP contribution in [0.5, 0.6) is 0 Å². The van der Waals surface area contributed by atoms with Gasteiger partial charge in [-0.25, -0.2) is 4.79 Å². The van der Waals surface area contributed by atoms with Gasteiger partial charge in [-0.15, -0.1) is 11.8 Å². The van der Waals surface area contributed by atoms with Crippen molar-refractivity contribution in [3.8, 4) is 0 Å². The van der Waals surface area contributed by atoms with E-state index in [4.69, 9.17) is 14.6 Å². The number of benzene rings is 3. The van der Waals surface area contributed by atoms with Crippen LogP contribution in [0.3, 0.4) is 0 Å². The molecule has 0 aromatic heterocycles. The van der Waals surface area contributed by atoms with Gasteiger partial charge in [0.05, 0.1) is 24.4 Å². The first-order valence-corrected chi connectivity index (χ1v) is 15.3. The Morgan fingerprint density at radius 1 is 0.814 bits per heavy atom. The number of carbonyl (C=O) groups is 3. The van der Waals surface area contributed by atoms with E-state index in [1.54, 1.807) is 18.2 Å². The predicted octanol–water partition coefficient (Wildman–Crippen LogP) is 5.87. The van der Waals surface area contributed by atoms with Crippen molar-refractivity contribution in [2.45, 2.75) is 75.1 Å². The van der Waals surface area contributed by atoms with Gasteiger partial charge in [0.2, 0.25) is 5.91 Å².